The molecule has 9 rings (SSSR count). The number of hydrogen-bond acceptors (Lipinski definition) is 2. The SMILES string of the molecule is c1ccc(-c2cc(-c3ccccc3)cc(-n3c4ccccc4c4c3c3ccccc3n4-c3ccc(N4CCOCC4)cc3)c2)cc1. The quantitative estimate of drug-likeness (QED) is 0.198. The van der Waals surface area contributed by atoms with Crippen LogP contribution < -0.4 is 4.90 Å². The van der Waals surface area contributed by atoms with Gasteiger partial charge in [0.15, 0.2) is 0 Å². The van der Waals surface area contributed by atoms with Crippen LogP contribution in [0.25, 0.3) is 66.5 Å². The monoisotopic (exact) mass is 595 g/mol. The van der Waals surface area contributed by atoms with E-state index in [4.69, 9.17) is 4.74 Å². The minimum Gasteiger partial charge on any atom is -0.378 e. The van der Waals surface area contributed by atoms with Crippen LogP contribution >= 0.6 is 0 Å². The van der Waals surface area contributed by atoms with Gasteiger partial charge in [-0.1, -0.05) is 97.1 Å². The number of benzene rings is 6. The molecule has 0 amide bonds. The normalized spacial score (nSPS) is 13.6. The minimum atomic E-state index is 0.779. The first-order valence-corrected chi connectivity index (χ1v) is 16.1. The first kappa shape index (κ1) is 26.8. The third-order valence-corrected chi connectivity index (χ3v) is 9.35. The molecule has 0 unspecified atom stereocenters. The molecule has 1 aliphatic rings. The Morgan fingerprint density at radius 3 is 1.39 bits per heavy atom. The second kappa shape index (κ2) is 11.1. The van der Waals surface area contributed by atoms with Crippen LogP contribution in [0.1, 0.15) is 0 Å². The van der Waals surface area contributed by atoms with Gasteiger partial charge in [0.05, 0.1) is 35.3 Å². The van der Waals surface area contributed by atoms with Gasteiger partial charge in [-0.25, -0.2) is 0 Å². The lowest BCUT2D eigenvalue weighted by atomic mass is 9.98. The summed E-state index contributed by atoms with van der Waals surface area (Å²) >= 11 is 0. The van der Waals surface area contributed by atoms with Gasteiger partial charge in [-0.15, -0.1) is 0 Å². The number of morpholine rings is 1. The van der Waals surface area contributed by atoms with E-state index in [9.17, 15) is 0 Å². The lowest BCUT2D eigenvalue weighted by Crippen LogP contribution is -2.36. The molecule has 0 spiro atoms. The molecule has 222 valence electrons. The zero-order valence-electron chi connectivity index (χ0n) is 25.5. The van der Waals surface area contributed by atoms with Crippen molar-refractivity contribution >= 4 is 38.5 Å². The number of para-hydroxylation sites is 2. The molecule has 6 aromatic carbocycles. The summed E-state index contributed by atoms with van der Waals surface area (Å²) in [6, 6.07) is 55.1. The third kappa shape index (κ3) is 4.41. The minimum absolute atomic E-state index is 0.779. The van der Waals surface area contributed by atoms with Crippen LogP contribution in [0.5, 0.6) is 0 Å². The molecular weight excluding hydrogens is 562 g/mol. The van der Waals surface area contributed by atoms with E-state index in [0.29, 0.717) is 0 Å². The zero-order valence-corrected chi connectivity index (χ0v) is 25.5. The Kier molecular flexibility index (Phi) is 6.46. The molecule has 46 heavy (non-hydrogen) atoms. The van der Waals surface area contributed by atoms with Crippen molar-refractivity contribution in [3.05, 3.63) is 152 Å². The molecule has 0 bridgehead atoms. The Morgan fingerprint density at radius 1 is 0.391 bits per heavy atom. The highest BCUT2D eigenvalue weighted by Crippen LogP contribution is 2.42. The summed E-state index contributed by atoms with van der Waals surface area (Å²) in [7, 11) is 0. The predicted octanol–water partition coefficient (Wildman–Crippen LogP) is 9.90. The Morgan fingerprint density at radius 2 is 0.848 bits per heavy atom. The number of rotatable bonds is 5. The molecule has 0 aliphatic carbocycles. The predicted molar refractivity (Wildman–Crippen MR) is 192 cm³/mol. The highest BCUT2D eigenvalue weighted by atomic mass is 16.5. The van der Waals surface area contributed by atoms with Gasteiger partial charge in [-0.3, -0.25) is 0 Å². The van der Waals surface area contributed by atoms with Gasteiger partial charge in [0.1, 0.15) is 0 Å². The highest BCUT2D eigenvalue weighted by molar-refractivity contribution is 6.20. The third-order valence-electron chi connectivity index (χ3n) is 9.35. The fourth-order valence-corrected chi connectivity index (χ4v) is 7.19. The maximum Gasteiger partial charge on any atom is 0.0803 e. The zero-order chi connectivity index (χ0) is 30.5. The summed E-state index contributed by atoms with van der Waals surface area (Å²) in [5.74, 6) is 0. The molecule has 0 atom stereocenters. The van der Waals surface area contributed by atoms with E-state index in [-0.39, 0.29) is 0 Å². The molecule has 8 aromatic rings. The van der Waals surface area contributed by atoms with Crippen LogP contribution in [0.15, 0.2) is 152 Å². The molecule has 1 saturated heterocycles. The molecule has 4 heteroatoms. The van der Waals surface area contributed by atoms with Crippen LogP contribution in [0.3, 0.4) is 0 Å². The van der Waals surface area contributed by atoms with Gasteiger partial charge in [0.25, 0.3) is 0 Å². The van der Waals surface area contributed by atoms with E-state index in [1.54, 1.807) is 0 Å². The maximum absolute atomic E-state index is 5.60. The largest absolute Gasteiger partial charge is 0.378 e. The molecule has 3 heterocycles. The summed E-state index contributed by atoms with van der Waals surface area (Å²) in [5, 5.41) is 2.47. The van der Waals surface area contributed by atoms with Gasteiger partial charge < -0.3 is 18.8 Å². The number of fused-ring (bicyclic) bond motifs is 5. The average molecular weight is 596 g/mol. The summed E-state index contributed by atoms with van der Waals surface area (Å²) in [5.41, 5.74) is 13.2. The van der Waals surface area contributed by atoms with Crippen molar-refractivity contribution in [1.29, 1.82) is 0 Å². The lowest BCUT2D eigenvalue weighted by molar-refractivity contribution is 0.122. The fourth-order valence-electron chi connectivity index (χ4n) is 7.19. The smallest absolute Gasteiger partial charge is 0.0803 e. The van der Waals surface area contributed by atoms with E-state index in [1.165, 1.54) is 60.8 Å². The second-order valence-electron chi connectivity index (χ2n) is 12.0. The number of nitrogens with zero attached hydrogens (tertiary/aromatic N) is 3. The Hall–Kier alpha value is -5.58. The maximum atomic E-state index is 5.60. The van der Waals surface area contributed by atoms with Gasteiger partial charge in [0.2, 0.25) is 0 Å². The van der Waals surface area contributed by atoms with Crippen molar-refractivity contribution in [1.82, 2.24) is 9.13 Å². The van der Waals surface area contributed by atoms with Gasteiger partial charge in [0, 0.05) is 40.9 Å². The number of ether oxygens (including phenoxy) is 1. The van der Waals surface area contributed by atoms with E-state index in [0.717, 1.165) is 37.7 Å². The van der Waals surface area contributed by atoms with Crippen LogP contribution in [0, 0.1) is 0 Å². The van der Waals surface area contributed by atoms with E-state index < -0.39 is 0 Å². The molecular formula is C42H33N3O. The first-order chi connectivity index (χ1) is 22.8. The van der Waals surface area contributed by atoms with E-state index in [1.807, 2.05) is 0 Å². The van der Waals surface area contributed by atoms with E-state index >= 15 is 0 Å². The molecule has 0 radical (unpaired) electrons. The fraction of sp³-hybridized carbons (Fsp3) is 0.0952. The van der Waals surface area contributed by atoms with Crippen molar-refractivity contribution in [2.24, 2.45) is 0 Å². The molecule has 0 N–H and O–H groups in total. The van der Waals surface area contributed by atoms with Crippen LogP contribution in [-0.4, -0.2) is 35.4 Å². The lowest BCUT2D eigenvalue weighted by Gasteiger charge is -2.29. The van der Waals surface area contributed by atoms with Crippen LogP contribution in [-0.2, 0) is 4.74 Å². The summed E-state index contributed by atoms with van der Waals surface area (Å²) in [6.45, 7) is 3.41. The molecule has 2 aromatic heterocycles. The molecule has 4 nitrogen and oxygen atoms in total. The van der Waals surface area contributed by atoms with Gasteiger partial charge in [-0.05, 0) is 76.9 Å². The number of anilines is 1. The van der Waals surface area contributed by atoms with Crippen molar-refractivity contribution < 1.29 is 4.74 Å². The van der Waals surface area contributed by atoms with Gasteiger partial charge >= 0.3 is 0 Å². The summed E-state index contributed by atoms with van der Waals surface area (Å²) < 4.78 is 10.5. The van der Waals surface area contributed by atoms with Crippen LogP contribution in [0.2, 0.25) is 0 Å². The first-order valence-electron chi connectivity index (χ1n) is 16.1. The number of aromatic nitrogens is 2. The van der Waals surface area contributed by atoms with Gasteiger partial charge in [-0.2, -0.15) is 0 Å². The Bertz CT molecular complexity index is 2260. The summed E-state index contributed by atoms with van der Waals surface area (Å²) in [6.07, 6.45) is 0. The van der Waals surface area contributed by atoms with Crippen LogP contribution in [0.4, 0.5) is 5.69 Å². The Balaban J connectivity index is 1.32. The average Bonchev–Trinajstić information content (AvgIpc) is 3.65. The second-order valence-corrected chi connectivity index (χ2v) is 12.0. The van der Waals surface area contributed by atoms with Crippen molar-refractivity contribution in [2.45, 2.75) is 0 Å². The Labute approximate surface area is 268 Å². The number of hydrogen-bond donors (Lipinski definition) is 0. The molecule has 0 saturated carbocycles. The highest BCUT2D eigenvalue weighted by Gasteiger charge is 2.22. The van der Waals surface area contributed by atoms with E-state index in [2.05, 4.69) is 166 Å². The topological polar surface area (TPSA) is 22.3 Å². The summed E-state index contributed by atoms with van der Waals surface area (Å²) in [4.78, 5) is 2.41. The van der Waals surface area contributed by atoms with Crippen molar-refractivity contribution in [3.8, 4) is 33.6 Å². The van der Waals surface area contributed by atoms with Crippen molar-refractivity contribution in [2.75, 3.05) is 31.2 Å². The standard InChI is InChI=1S/C42H33N3O/c1-3-11-30(12-4-1)32-27-33(31-13-5-2-6-14-31)29-36(28-32)45-40-18-10-8-16-38(40)41-42(45)37-15-7-9-17-39(37)44(41)35-21-19-34(20-22-35)43-23-25-46-26-24-43/h1-22,27-29H,23-26H2. The molecule has 1 fully saturated rings. The molecule has 1 aliphatic heterocycles. The van der Waals surface area contributed by atoms with Crippen molar-refractivity contribution in [3.63, 3.8) is 0 Å².